The van der Waals surface area contributed by atoms with Crippen LogP contribution in [0.25, 0.3) is 11.3 Å². The van der Waals surface area contributed by atoms with Gasteiger partial charge in [-0.1, -0.05) is 22.0 Å². The number of carbonyl (C=O) groups is 1. The molecule has 9 heteroatoms. The second kappa shape index (κ2) is 5.48. The van der Waals surface area contributed by atoms with E-state index < -0.39 is 5.91 Å². The lowest BCUT2D eigenvalue weighted by molar-refractivity contribution is 0.100. The molecule has 0 aliphatic rings. The first-order chi connectivity index (χ1) is 10.6. The topological polar surface area (TPSA) is 138 Å². The number of anilines is 1. The second-order valence-electron chi connectivity index (χ2n) is 4.31. The molecule has 0 radical (unpaired) electrons. The van der Waals surface area contributed by atoms with E-state index in [4.69, 9.17) is 15.9 Å². The smallest absolute Gasteiger partial charge is 0.263 e. The average molecular weight is 297 g/mol. The summed E-state index contributed by atoms with van der Waals surface area (Å²) in [4.78, 5) is 12.1. The first-order valence-corrected chi connectivity index (χ1v) is 6.22. The molecule has 3 rings (SSSR count). The van der Waals surface area contributed by atoms with E-state index in [2.05, 4.69) is 20.6 Å². The maximum Gasteiger partial charge on any atom is 0.263 e. The molecular weight excluding hydrogens is 286 g/mol. The Bertz CT molecular complexity index is 832. The van der Waals surface area contributed by atoms with Crippen LogP contribution >= 0.6 is 0 Å². The highest BCUT2D eigenvalue weighted by Crippen LogP contribution is 2.22. The number of tetrazole rings is 1. The molecular formula is C13H11N7O2. The summed E-state index contributed by atoms with van der Waals surface area (Å²) >= 11 is 0. The van der Waals surface area contributed by atoms with Crippen LogP contribution in [0.1, 0.15) is 16.1 Å². The van der Waals surface area contributed by atoms with Crippen molar-refractivity contribution in [2.45, 2.75) is 0 Å². The molecule has 22 heavy (non-hydrogen) atoms. The van der Waals surface area contributed by atoms with Crippen LogP contribution in [0.2, 0.25) is 0 Å². The van der Waals surface area contributed by atoms with Gasteiger partial charge in [0.2, 0.25) is 5.91 Å². The predicted octanol–water partition coefficient (Wildman–Crippen LogP) is 0.496. The van der Waals surface area contributed by atoms with Crippen molar-refractivity contribution in [2.24, 2.45) is 10.8 Å². The molecule has 0 fully saturated rings. The number of carbonyl (C=O) groups excluding carboxylic acids is 1. The number of nitrogens with two attached hydrogens (primary N) is 2. The number of primary amides is 1. The SMILES string of the molecule is NC(=O)c1ccc(-c2ccc(/C=N\n3nnnc3N)o2)cc1. The van der Waals surface area contributed by atoms with Gasteiger partial charge in [-0.3, -0.25) is 4.79 Å². The van der Waals surface area contributed by atoms with Crippen molar-refractivity contribution in [3.63, 3.8) is 0 Å². The Balaban J connectivity index is 1.80. The number of hydrogen-bond acceptors (Lipinski definition) is 7. The maximum atomic E-state index is 11.0. The van der Waals surface area contributed by atoms with Gasteiger partial charge in [-0.05, 0) is 34.7 Å². The fraction of sp³-hybridized carbons (Fsp3) is 0. The molecule has 0 atom stereocenters. The van der Waals surface area contributed by atoms with Crippen molar-refractivity contribution < 1.29 is 9.21 Å². The highest BCUT2D eigenvalue weighted by Gasteiger charge is 2.06. The molecule has 0 aliphatic heterocycles. The fourth-order valence-corrected chi connectivity index (χ4v) is 1.76. The van der Waals surface area contributed by atoms with Gasteiger partial charge in [0.1, 0.15) is 11.5 Å². The average Bonchev–Trinajstić information content (AvgIpc) is 3.14. The van der Waals surface area contributed by atoms with E-state index in [1.54, 1.807) is 36.4 Å². The Labute approximate surface area is 124 Å². The van der Waals surface area contributed by atoms with Gasteiger partial charge in [0, 0.05) is 11.1 Å². The molecule has 2 aromatic heterocycles. The third-order valence-corrected chi connectivity index (χ3v) is 2.85. The molecule has 2 heterocycles. The number of furan rings is 1. The summed E-state index contributed by atoms with van der Waals surface area (Å²) in [6.07, 6.45) is 1.44. The number of rotatable bonds is 4. The predicted molar refractivity (Wildman–Crippen MR) is 77.9 cm³/mol. The van der Waals surface area contributed by atoms with E-state index in [9.17, 15) is 4.79 Å². The van der Waals surface area contributed by atoms with Gasteiger partial charge < -0.3 is 15.9 Å². The van der Waals surface area contributed by atoms with Crippen LogP contribution in [0.3, 0.4) is 0 Å². The van der Waals surface area contributed by atoms with Crippen molar-refractivity contribution >= 4 is 18.1 Å². The van der Waals surface area contributed by atoms with Crippen LogP contribution in [-0.2, 0) is 0 Å². The normalized spacial score (nSPS) is 11.1. The van der Waals surface area contributed by atoms with E-state index in [0.717, 1.165) is 10.4 Å². The third-order valence-electron chi connectivity index (χ3n) is 2.85. The van der Waals surface area contributed by atoms with Crippen LogP contribution < -0.4 is 11.5 Å². The fourth-order valence-electron chi connectivity index (χ4n) is 1.76. The Morgan fingerprint density at radius 3 is 2.64 bits per heavy atom. The van der Waals surface area contributed by atoms with Crippen LogP contribution in [0.5, 0.6) is 0 Å². The summed E-state index contributed by atoms with van der Waals surface area (Å²) in [5, 5.41) is 14.4. The van der Waals surface area contributed by atoms with E-state index in [1.165, 1.54) is 6.21 Å². The minimum atomic E-state index is -0.474. The number of hydrogen-bond donors (Lipinski definition) is 2. The highest BCUT2D eigenvalue weighted by molar-refractivity contribution is 5.93. The van der Waals surface area contributed by atoms with Crippen molar-refractivity contribution in [1.82, 2.24) is 20.3 Å². The zero-order valence-corrected chi connectivity index (χ0v) is 11.2. The van der Waals surface area contributed by atoms with Crippen molar-refractivity contribution in [3.8, 4) is 11.3 Å². The molecule has 9 nitrogen and oxygen atoms in total. The van der Waals surface area contributed by atoms with Gasteiger partial charge in [-0.2, -0.15) is 5.10 Å². The molecule has 0 saturated carbocycles. The Morgan fingerprint density at radius 2 is 2.00 bits per heavy atom. The summed E-state index contributed by atoms with van der Waals surface area (Å²) < 4.78 is 5.62. The van der Waals surface area contributed by atoms with E-state index in [-0.39, 0.29) is 5.95 Å². The molecule has 1 amide bonds. The van der Waals surface area contributed by atoms with Crippen LogP contribution in [-0.4, -0.2) is 32.4 Å². The molecule has 0 bridgehead atoms. The molecule has 3 aromatic rings. The van der Waals surface area contributed by atoms with Gasteiger partial charge >= 0.3 is 0 Å². The number of benzene rings is 1. The number of aromatic nitrogens is 4. The number of nitrogen functional groups attached to an aromatic ring is 1. The lowest BCUT2D eigenvalue weighted by Gasteiger charge is -1.98. The molecule has 0 spiro atoms. The number of amides is 1. The van der Waals surface area contributed by atoms with Crippen LogP contribution in [0.4, 0.5) is 5.95 Å². The Hall–Kier alpha value is -3.49. The van der Waals surface area contributed by atoms with E-state index in [0.29, 0.717) is 17.1 Å². The van der Waals surface area contributed by atoms with Gasteiger partial charge in [-0.25, -0.2) is 0 Å². The number of nitrogens with zero attached hydrogens (tertiary/aromatic N) is 5. The Morgan fingerprint density at radius 1 is 1.23 bits per heavy atom. The summed E-state index contributed by atoms with van der Waals surface area (Å²) in [6.45, 7) is 0. The first-order valence-electron chi connectivity index (χ1n) is 6.22. The van der Waals surface area contributed by atoms with Crippen molar-refractivity contribution in [1.29, 1.82) is 0 Å². The van der Waals surface area contributed by atoms with Crippen LogP contribution in [0.15, 0.2) is 45.9 Å². The van der Waals surface area contributed by atoms with Gasteiger partial charge in [0.15, 0.2) is 0 Å². The van der Waals surface area contributed by atoms with Gasteiger partial charge in [0.05, 0.1) is 6.21 Å². The second-order valence-corrected chi connectivity index (χ2v) is 4.31. The quantitative estimate of drug-likeness (QED) is 0.672. The molecule has 4 N–H and O–H groups in total. The van der Waals surface area contributed by atoms with Gasteiger partial charge in [-0.15, -0.1) is 0 Å². The van der Waals surface area contributed by atoms with Crippen LogP contribution in [0, 0.1) is 0 Å². The minimum absolute atomic E-state index is 0.0741. The third kappa shape index (κ3) is 2.68. The largest absolute Gasteiger partial charge is 0.455 e. The molecule has 0 saturated heterocycles. The molecule has 110 valence electrons. The Kier molecular flexibility index (Phi) is 3.36. The van der Waals surface area contributed by atoms with E-state index in [1.807, 2.05) is 0 Å². The zero-order valence-electron chi connectivity index (χ0n) is 11.2. The minimum Gasteiger partial charge on any atom is -0.455 e. The summed E-state index contributed by atoms with van der Waals surface area (Å²) in [5.41, 5.74) is 11.9. The molecule has 0 unspecified atom stereocenters. The summed E-state index contributed by atoms with van der Waals surface area (Å²) in [5.74, 6) is 0.731. The summed E-state index contributed by atoms with van der Waals surface area (Å²) in [7, 11) is 0. The van der Waals surface area contributed by atoms with E-state index >= 15 is 0 Å². The van der Waals surface area contributed by atoms with Crippen molar-refractivity contribution in [2.75, 3.05) is 5.73 Å². The molecule has 1 aromatic carbocycles. The summed E-state index contributed by atoms with van der Waals surface area (Å²) in [6, 6.07) is 10.3. The zero-order chi connectivity index (χ0) is 15.5. The lowest BCUT2D eigenvalue weighted by atomic mass is 10.1. The standard InChI is InChI=1S/C13H11N7O2/c14-12(21)9-3-1-8(2-4-9)11-6-5-10(22-11)7-16-20-13(15)17-18-19-20/h1-7H,(H2,14,21)(H2,15,17,19)/b16-7-. The molecule has 0 aliphatic carbocycles. The van der Waals surface area contributed by atoms with Crippen molar-refractivity contribution in [3.05, 3.63) is 47.7 Å². The maximum absolute atomic E-state index is 11.0. The lowest BCUT2D eigenvalue weighted by Crippen LogP contribution is -2.10. The van der Waals surface area contributed by atoms with Gasteiger partial charge in [0.25, 0.3) is 5.95 Å². The monoisotopic (exact) mass is 297 g/mol. The first kappa shape index (κ1) is 13.5. The highest BCUT2D eigenvalue weighted by atomic mass is 16.3.